The zero-order valence-electron chi connectivity index (χ0n) is 13.8. The van der Waals surface area contributed by atoms with Crippen molar-refractivity contribution >= 4 is 6.09 Å². The molecule has 1 N–H and O–H groups in total. The van der Waals surface area contributed by atoms with Crippen LogP contribution in [-0.2, 0) is 4.74 Å². The fraction of sp³-hybridized carbons (Fsp3) is 0.722. The first-order valence-corrected chi connectivity index (χ1v) is 8.34. The summed E-state index contributed by atoms with van der Waals surface area (Å²) in [6.45, 7) is 7.12. The molecule has 2 aliphatic carbocycles. The predicted molar refractivity (Wildman–Crippen MR) is 85.4 cm³/mol. The van der Waals surface area contributed by atoms with Crippen molar-refractivity contribution in [3.05, 3.63) is 23.8 Å². The Balaban J connectivity index is 1.68. The van der Waals surface area contributed by atoms with Crippen LogP contribution in [0, 0.1) is 11.3 Å². The monoisotopic (exact) mass is 305 g/mol. The van der Waals surface area contributed by atoms with E-state index in [-0.39, 0.29) is 23.5 Å². The minimum atomic E-state index is -0.447. The van der Waals surface area contributed by atoms with E-state index in [9.17, 15) is 9.90 Å². The van der Waals surface area contributed by atoms with Crippen LogP contribution in [-0.4, -0.2) is 40.9 Å². The minimum absolute atomic E-state index is 0.0906. The van der Waals surface area contributed by atoms with Gasteiger partial charge in [0, 0.05) is 19.0 Å². The number of hydrogen-bond acceptors (Lipinski definition) is 3. The highest BCUT2D eigenvalue weighted by Gasteiger charge is 2.50. The van der Waals surface area contributed by atoms with Gasteiger partial charge in [-0.3, -0.25) is 0 Å². The lowest BCUT2D eigenvalue weighted by Crippen LogP contribution is -2.45. The van der Waals surface area contributed by atoms with E-state index < -0.39 is 5.60 Å². The zero-order valence-corrected chi connectivity index (χ0v) is 13.8. The molecular weight excluding hydrogens is 278 g/mol. The summed E-state index contributed by atoms with van der Waals surface area (Å²) in [6, 6.07) is 0. The molecule has 1 spiro atoms. The van der Waals surface area contributed by atoms with Crippen molar-refractivity contribution in [2.24, 2.45) is 11.3 Å². The van der Waals surface area contributed by atoms with Crippen LogP contribution >= 0.6 is 0 Å². The number of hydrogen-bond donors (Lipinski definition) is 1. The lowest BCUT2D eigenvalue weighted by molar-refractivity contribution is 0.0123. The van der Waals surface area contributed by atoms with E-state index in [4.69, 9.17) is 4.74 Å². The second kappa shape index (κ2) is 5.41. The molecule has 3 rings (SSSR count). The number of allylic oxidation sites excluding steroid dienone is 3. The first kappa shape index (κ1) is 15.6. The van der Waals surface area contributed by atoms with Gasteiger partial charge in [-0.25, -0.2) is 4.79 Å². The Bertz CT molecular complexity index is 507. The fourth-order valence-corrected chi connectivity index (χ4v) is 4.18. The van der Waals surface area contributed by atoms with Gasteiger partial charge in [0.25, 0.3) is 0 Å². The number of nitrogens with zero attached hydrogens (tertiary/aromatic N) is 1. The van der Waals surface area contributed by atoms with Gasteiger partial charge in [-0.05, 0) is 51.9 Å². The fourth-order valence-electron chi connectivity index (χ4n) is 4.18. The molecule has 1 aliphatic heterocycles. The van der Waals surface area contributed by atoms with Gasteiger partial charge in [0.15, 0.2) is 0 Å². The number of amides is 1. The van der Waals surface area contributed by atoms with Gasteiger partial charge in [0.1, 0.15) is 5.60 Å². The van der Waals surface area contributed by atoms with Crippen LogP contribution in [0.4, 0.5) is 4.79 Å². The number of ether oxygens (including phenoxy) is 1. The van der Waals surface area contributed by atoms with E-state index in [0.717, 1.165) is 38.8 Å². The Morgan fingerprint density at radius 2 is 2.05 bits per heavy atom. The summed E-state index contributed by atoms with van der Waals surface area (Å²) >= 11 is 0. The molecule has 1 heterocycles. The van der Waals surface area contributed by atoms with Crippen molar-refractivity contribution in [2.45, 2.75) is 58.2 Å². The van der Waals surface area contributed by atoms with Crippen molar-refractivity contribution in [1.29, 1.82) is 0 Å². The van der Waals surface area contributed by atoms with Crippen molar-refractivity contribution in [3.63, 3.8) is 0 Å². The molecule has 1 saturated carbocycles. The van der Waals surface area contributed by atoms with E-state index in [1.54, 1.807) is 0 Å². The van der Waals surface area contributed by atoms with E-state index in [1.165, 1.54) is 5.57 Å². The summed E-state index contributed by atoms with van der Waals surface area (Å²) in [4.78, 5) is 14.0. The standard InChI is InChI=1S/C18H27NO3/c1-17(2,3)22-16(21)19-10-8-18(9-11-19)12-15(20)13-6-4-5-7-14(13)18/h4-5,7,13,15,20H,6,8-12H2,1-3H3/t13-,15+/m0/s1. The molecular formula is C18H27NO3. The van der Waals surface area contributed by atoms with Gasteiger partial charge in [-0.1, -0.05) is 23.8 Å². The third kappa shape index (κ3) is 2.81. The lowest BCUT2D eigenvalue weighted by atomic mass is 9.71. The normalized spacial score (nSPS) is 30.2. The number of rotatable bonds is 0. The first-order chi connectivity index (χ1) is 10.3. The van der Waals surface area contributed by atoms with Crippen molar-refractivity contribution < 1.29 is 14.6 Å². The van der Waals surface area contributed by atoms with Gasteiger partial charge < -0.3 is 14.7 Å². The Labute approximate surface area is 132 Å². The molecule has 122 valence electrons. The van der Waals surface area contributed by atoms with Crippen LogP contribution < -0.4 is 0 Å². The van der Waals surface area contributed by atoms with E-state index in [0.29, 0.717) is 0 Å². The van der Waals surface area contributed by atoms with Crippen LogP contribution in [0.2, 0.25) is 0 Å². The van der Waals surface area contributed by atoms with Gasteiger partial charge >= 0.3 is 6.09 Å². The Morgan fingerprint density at radius 3 is 2.68 bits per heavy atom. The van der Waals surface area contributed by atoms with Crippen LogP contribution in [0.25, 0.3) is 0 Å². The summed E-state index contributed by atoms with van der Waals surface area (Å²) in [7, 11) is 0. The smallest absolute Gasteiger partial charge is 0.410 e. The average Bonchev–Trinajstić information content (AvgIpc) is 2.71. The molecule has 0 radical (unpaired) electrons. The Hall–Kier alpha value is -1.29. The second-order valence-electron chi connectivity index (χ2n) is 7.91. The lowest BCUT2D eigenvalue weighted by Gasteiger charge is -2.41. The molecule has 1 saturated heterocycles. The molecule has 0 aromatic heterocycles. The molecule has 4 heteroatoms. The van der Waals surface area contributed by atoms with Gasteiger partial charge in [0.2, 0.25) is 0 Å². The van der Waals surface area contributed by atoms with Crippen LogP contribution in [0.3, 0.4) is 0 Å². The maximum absolute atomic E-state index is 12.2. The van der Waals surface area contributed by atoms with Crippen molar-refractivity contribution in [3.8, 4) is 0 Å². The predicted octanol–water partition coefficient (Wildman–Crippen LogP) is 3.27. The van der Waals surface area contributed by atoms with E-state index >= 15 is 0 Å². The number of carbonyl (C=O) groups excluding carboxylic acids is 1. The third-order valence-electron chi connectivity index (χ3n) is 5.25. The van der Waals surface area contributed by atoms with Crippen LogP contribution in [0.5, 0.6) is 0 Å². The summed E-state index contributed by atoms with van der Waals surface area (Å²) in [5.74, 6) is 0.290. The highest BCUT2D eigenvalue weighted by atomic mass is 16.6. The molecule has 0 aromatic carbocycles. The van der Waals surface area contributed by atoms with E-state index in [1.807, 2.05) is 25.7 Å². The second-order valence-corrected chi connectivity index (χ2v) is 7.91. The van der Waals surface area contributed by atoms with Gasteiger partial charge in [0.05, 0.1) is 6.10 Å². The summed E-state index contributed by atoms with van der Waals surface area (Å²) < 4.78 is 5.47. The highest BCUT2D eigenvalue weighted by Crippen LogP contribution is 2.54. The van der Waals surface area contributed by atoms with Crippen molar-refractivity contribution in [1.82, 2.24) is 4.90 Å². The first-order valence-electron chi connectivity index (χ1n) is 8.34. The molecule has 0 unspecified atom stereocenters. The molecule has 2 atom stereocenters. The number of piperidine rings is 1. The molecule has 22 heavy (non-hydrogen) atoms. The highest BCUT2D eigenvalue weighted by molar-refractivity contribution is 5.68. The molecule has 4 nitrogen and oxygen atoms in total. The van der Waals surface area contributed by atoms with Gasteiger partial charge in [-0.2, -0.15) is 0 Å². The molecule has 3 aliphatic rings. The third-order valence-corrected chi connectivity index (χ3v) is 5.25. The summed E-state index contributed by atoms with van der Waals surface area (Å²) in [6.07, 6.45) is 9.67. The van der Waals surface area contributed by atoms with Crippen molar-refractivity contribution in [2.75, 3.05) is 13.1 Å². The van der Waals surface area contributed by atoms with Crippen LogP contribution in [0.15, 0.2) is 23.8 Å². The average molecular weight is 305 g/mol. The number of likely N-dealkylation sites (tertiary alicyclic amines) is 1. The number of aliphatic hydroxyl groups is 1. The number of fused-ring (bicyclic) bond motifs is 2. The van der Waals surface area contributed by atoms with Gasteiger partial charge in [-0.15, -0.1) is 0 Å². The topological polar surface area (TPSA) is 49.8 Å². The largest absolute Gasteiger partial charge is 0.444 e. The zero-order chi connectivity index (χ0) is 16.0. The quantitative estimate of drug-likeness (QED) is 0.747. The Morgan fingerprint density at radius 1 is 1.36 bits per heavy atom. The maximum atomic E-state index is 12.2. The molecule has 0 aromatic rings. The van der Waals surface area contributed by atoms with Crippen LogP contribution in [0.1, 0.15) is 46.5 Å². The molecule has 2 fully saturated rings. The minimum Gasteiger partial charge on any atom is -0.444 e. The number of carbonyl (C=O) groups is 1. The summed E-state index contributed by atoms with van der Waals surface area (Å²) in [5.41, 5.74) is 1.05. The number of aliphatic hydroxyl groups excluding tert-OH is 1. The summed E-state index contributed by atoms with van der Waals surface area (Å²) in [5, 5.41) is 10.4. The SMILES string of the molecule is CC(C)(C)OC(=O)N1CCC2(CC1)C[C@@H](O)[C@H]1CC=CC=C12. The molecule has 0 bridgehead atoms. The Kier molecular flexibility index (Phi) is 3.84. The van der Waals surface area contributed by atoms with E-state index in [2.05, 4.69) is 18.2 Å². The maximum Gasteiger partial charge on any atom is 0.410 e. The molecule has 1 amide bonds.